The van der Waals surface area contributed by atoms with Gasteiger partial charge in [-0.2, -0.15) is 4.98 Å². The summed E-state index contributed by atoms with van der Waals surface area (Å²) in [5.41, 5.74) is 1.21. The molecule has 102 valence electrons. The van der Waals surface area contributed by atoms with Gasteiger partial charge in [-0.1, -0.05) is 20.8 Å². The van der Waals surface area contributed by atoms with Gasteiger partial charge in [0.1, 0.15) is 11.2 Å². The van der Waals surface area contributed by atoms with E-state index in [2.05, 4.69) is 15.0 Å². The Balaban J connectivity index is 2.86. The molecule has 0 aromatic carbocycles. The monoisotopic (exact) mass is 262 g/mol. The summed E-state index contributed by atoms with van der Waals surface area (Å²) in [5, 5.41) is 0. The van der Waals surface area contributed by atoms with Gasteiger partial charge in [0.2, 0.25) is 0 Å². The molecule has 0 radical (unpaired) electrons. The van der Waals surface area contributed by atoms with E-state index in [1.165, 1.54) is 7.11 Å². The van der Waals surface area contributed by atoms with E-state index in [0.717, 1.165) is 0 Å². The Labute approximate surface area is 111 Å². The molecule has 0 unspecified atom stereocenters. The average molecular weight is 262 g/mol. The molecular formula is C13H18N4O2. The lowest BCUT2D eigenvalue weighted by Gasteiger charge is -2.19. The molecule has 0 amide bonds. The lowest BCUT2D eigenvalue weighted by Crippen LogP contribution is -2.32. The van der Waals surface area contributed by atoms with Gasteiger partial charge >= 0.3 is 6.01 Å². The van der Waals surface area contributed by atoms with Crippen LogP contribution in [-0.2, 0) is 12.0 Å². The van der Waals surface area contributed by atoms with Crippen LogP contribution in [0.25, 0.3) is 11.2 Å². The first-order valence-electron chi connectivity index (χ1n) is 6.20. The third-order valence-electron chi connectivity index (χ3n) is 2.87. The van der Waals surface area contributed by atoms with Gasteiger partial charge in [0.25, 0.3) is 5.56 Å². The van der Waals surface area contributed by atoms with Gasteiger partial charge in [0.15, 0.2) is 5.65 Å². The van der Waals surface area contributed by atoms with Crippen molar-refractivity contribution >= 4 is 11.2 Å². The Hall–Kier alpha value is -1.98. The Morgan fingerprint density at radius 1 is 1.32 bits per heavy atom. The van der Waals surface area contributed by atoms with E-state index in [1.807, 2.05) is 27.7 Å². The molecule has 19 heavy (non-hydrogen) atoms. The molecule has 0 aliphatic carbocycles. The number of fused-ring (bicyclic) bond motifs is 1. The van der Waals surface area contributed by atoms with Crippen LogP contribution in [0.15, 0.2) is 11.0 Å². The summed E-state index contributed by atoms with van der Waals surface area (Å²) in [6, 6.07) is 0.236. The highest BCUT2D eigenvalue weighted by Gasteiger charge is 2.23. The minimum absolute atomic E-state index is 0.108. The molecule has 0 bridgehead atoms. The third-order valence-corrected chi connectivity index (χ3v) is 2.87. The minimum atomic E-state index is -0.317. The van der Waals surface area contributed by atoms with Gasteiger partial charge in [-0.3, -0.25) is 9.36 Å². The molecule has 6 nitrogen and oxygen atoms in total. The quantitative estimate of drug-likeness (QED) is 0.820. The molecule has 0 saturated heterocycles. The van der Waals surface area contributed by atoms with Crippen molar-refractivity contribution in [2.24, 2.45) is 0 Å². The fourth-order valence-corrected chi connectivity index (χ4v) is 1.90. The Kier molecular flexibility index (Phi) is 3.26. The molecule has 2 aromatic heterocycles. The predicted molar refractivity (Wildman–Crippen MR) is 72.5 cm³/mol. The zero-order valence-electron chi connectivity index (χ0n) is 11.9. The summed E-state index contributed by atoms with van der Waals surface area (Å²) in [5.74, 6) is 0. The molecule has 2 heterocycles. The van der Waals surface area contributed by atoms with Crippen LogP contribution >= 0.6 is 0 Å². The first-order chi connectivity index (χ1) is 8.88. The summed E-state index contributed by atoms with van der Waals surface area (Å²) in [6.07, 6.45) is 1.59. The SMILES string of the molecule is CCn1c(=O)c(C(C)(C)C)nc2cnc(OC)nc21. The fourth-order valence-electron chi connectivity index (χ4n) is 1.90. The topological polar surface area (TPSA) is 69.9 Å². The second-order valence-electron chi connectivity index (χ2n) is 5.33. The molecule has 2 rings (SSSR count). The molecule has 2 aromatic rings. The lowest BCUT2D eigenvalue weighted by molar-refractivity contribution is 0.380. The highest BCUT2D eigenvalue weighted by Crippen LogP contribution is 2.19. The third kappa shape index (κ3) is 2.30. The van der Waals surface area contributed by atoms with E-state index in [4.69, 9.17) is 4.74 Å². The van der Waals surface area contributed by atoms with Crippen molar-refractivity contribution in [3.63, 3.8) is 0 Å². The van der Waals surface area contributed by atoms with Crippen molar-refractivity contribution in [1.29, 1.82) is 0 Å². The summed E-state index contributed by atoms with van der Waals surface area (Å²) >= 11 is 0. The first kappa shape index (κ1) is 13.5. The molecule has 0 aliphatic heterocycles. The van der Waals surface area contributed by atoms with Gasteiger partial charge in [0.05, 0.1) is 13.3 Å². The van der Waals surface area contributed by atoms with Crippen LogP contribution in [0.2, 0.25) is 0 Å². The van der Waals surface area contributed by atoms with Crippen molar-refractivity contribution in [2.75, 3.05) is 7.11 Å². The number of hydrogen-bond acceptors (Lipinski definition) is 5. The predicted octanol–water partition coefficient (Wildman–Crippen LogP) is 1.51. The van der Waals surface area contributed by atoms with Crippen molar-refractivity contribution in [1.82, 2.24) is 19.5 Å². The maximum atomic E-state index is 12.5. The van der Waals surface area contributed by atoms with Gasteiger partial charge in [-0.25, -0.2) is 9.97 Å². The molecule has 0 N–H and O–H groups in total. The molecule has 0 saturated carbocycles. The van der Waals surface area contributed by atoms with E-state index < -0.39 is 0 Å². The number of rotatable bonds is 2. The van der Waals surface area contributed by atoms with Crippen LogP contribution in [0.1, 0.15) is 33.4 Å². The van der Waals surface area contributed by atoms with Crippen molar-refractivity contribution in [2.45, 2.75) is 39.7 Å². The fraction of sp³-hybridized carbons (Fsp3) is 0.538. The van der Waals surface area contributed by atoms with Crippen LogP contribution < -0.4 is 10.3 Å². The van der Waals surface area contributed by atoms with E-state index >= 15 is 0 Å². The zero-order chi connectivity index (χ0) is 14.2. The lowest BCUT2D eigenvalue weighted by atomic mass is 9.92. The zero-order valence-corrected chi connectivity index (χ0v) is 11.9. The highest BCUT2D eigenvalue weighted by atomic mass is 16.5. The van der Waals surface area contributed by atoms with Crippen LogP contribution in [0.5, 0.6) is 6.01 Å². The van der Waals surface area contributed by atoms with Crippen LogP contribution in [0, 0.1) is 0 Å². The number of methoxy groups -OCH3 is 1. The number of aromatic nitrogens is 4. The van der Waals surface area contributed by atoms with E-state index in [1.54, 1.807) is 10.8 Å². The van der Waals surface area contributed by atoms with Crippen LogP contribution in [0.3, 0.4) is 0 Å². The molecule has 0 atom stereocenters. The summed E-state index contributed by atoms with van der Waals surface area (Å²) < 4.78 is 6.60. The smallest absolute Gasteiger partial charge is 0.318 e. The highest BCUT2D eigenvalue weighted by molar-refractivity contribution is 5.69. The van der Waals surface area contributed by atoms with Gasteiger partial charge in [-0.05, 0) is 6.92 Å². The normalized spacial score (nSPS) is 11.8. The number of ether oxygens (including phenoxy) is 1. The molecular weight excluding hydrogens is 244 g/mol. The Morgan fingerprint density at radius 2 is 2.00 bits per heavy atom. The van der Waals surface area contributed by atoms with Crippen LogP contribution in [0.4, 0.5) is 0 Å². The average Bonchev–Trinajstić information content (AvgIpc) is 2.36. The van der Waals surface area contributed by atoms with E-state index in [9.17, 15) is 4.79 Å². The van der Waals surface area contributed by atoms with E-state index in [0.29, 0.717) is 23.4 Å². The van der Waals surface area contributed by atoms with Crippen molar-refractivity contribution < 1.29 is 4.74 Å². The molecule has 0 fully saturated rings. The van der Waals surface area contributed by atoms with Crippen molar-refractivity contribution in [3.05, 3.63) is 22.2 Å². The number of aryl methyl sites for hydroxylation is 1. The van der Waals surface area contributed by atoms with Gasteiger partial charge in [0, 0.05) is 12.0 Å². The minimum Gasteiger partial charge on any atom is -0.467 e. The number of hydrogen-bond donors (Lipinski definition) is 0. The van der Waals surface area contributed by atoms with Crippen LogP contribution in [-0.4, -0.2) is 26.6 Å². The maximum Gasteiger partial charge on any atom is 0.318 e. The second kappa shape index (κ2) is 4.60. The Bertz CT molecular complexity index is 671. The molecule has 0 spiro atoms. The molecule has 0 aliphatic rings. The largest absolute Gasteiger partial charge is 0.467 e. The summed E-state index contributed by atoms with van der Waals surface area (Å²) in [7, 11) is 1.49. The van der Waals surface area contributed by atoms with E-state index in [-0.39, 0.29) is 17.0 Å². The first-order valence-corrected chi connectivity index (χ1v) is 6.20. The summed E-state index contributed by atoms with van der Waals surface area (Å²) in [6.45, 7) is 8.33. The second-order valence-corrected chi connectivity index (χ2v) is 5.33. The number of nitrogens with zero attached hydrogens (tertiary/aromatic N) is 4. The van der Waals surface area contributed by atoms with Crippen molar-refractivity contribution in [3.8, 4) is 6.01 Å². The maximum absolute atomic E-state index is 12.5. The molecule has 6 heteroatoms. The Morgan fingerprint density at radius 3 is 2.53 bits per heavy atom. The van der Waals surface area contributed by atoms with Gasteiger partial charge in [-0.15, -0.1) is 0 Å². The summed E-state index contributed by atoms with van der Waals surface area (Å²) in [4.78, 5) is 25.1. The van der Waals surface area contributed by atoms with Gasteiger partial charge < -0.3 is 4.74 Å². The standard InChI is InChI=1S/C13H18N4O2/c1-6-17-10-8(7-14-12(16-10)19-5)15-9(11(17)18)13(2,3)4/h7H,6H2,1-5H3.